The third kappa shape index (κ3) is 1.88. The zero-order valence-corrected chi connectivity index (χ0v) is 11.6. The predicted octanol–water partition coefficient (Wildman–Crippen LogP) is 2.75. The molecule has 1 heterocycles. The number of hydrogen-bond donors (Lipinski definition) is 1. The van der Waals surface area contributed by atoms with E-state index in [1.165, 1.54) is 37.8 Å². The maximum Gasteiger partial charge on any atom is 0.0555 e. The summed E-state index contributed by atoms with van der Waals surface area (Å²) < 4.78 is 0. The van der Waals surface area contributed by atoms with E-state index in [-0.39, 0.29) is 5.54 Å². The van der Waals surface area contributed by atoms with Crippen LogP contribution in [-0.4, -0.2) is 30.6 Å². The number of nitrogens with one attached hydrogen (secondary N) is 1. The van der Waals surface area contributed by atoms with Crippen molar-refractivity contribution < 1.29 is 0 Å². The van der Waals surface area contributed by atoms with Crippen LogP contribution in [-0.2, 0) is 5.54 Å². The van der Waals surface area contributed by atoms with E-state index in [9.17, 15) is 0 Å². The van der Waals surface area contributed by atoms with Crippen molar-refractivity contribution in [2.45, 2.75) is 43.7 Å². The summed E-state index contributed by atoms with van der Waals surface area (Å²) >= 11 is 0. The lowest BCUT2D eigenvalue weighted by Gasteiger charge is -2.51. The Morgan fingerprint density at radius 3 is 2.39 bits per heavy atom. The average Bonchev–Trinajstić information content (AvgIpc) is 2.84. The molecule has 2 heteroatoms. The zero-order valence-electron chi connectivity index (χ0n) is 11.6. The van der Waals surface area contributed by atoms with Gasteiger partial charge in [0.25, 0.3) is 0 Å². The van der Waals surface area contributed by atoms with Crippen molar-refractivity contribution in [3.63, 3.8) is 0 Å². The molecule has 0 radical (unpaired) electrons. The predicted molar refractivity (Wildman–Crippen MR) is 75.6 cm³/mol. The van der Waals surface area contributed by atoms with Gasteiger partial charge in [-0.15, -0.1) is 0 Å². The van der Waals surface area contributed by atoms with Gasteiger partial charge in [-0.25, -0.2) is 0 Å². The van der Waals surface area contributed by atoms with Gasteiger partial charge < -0.3 is 5.32 Å². The molecular formula is C16H24N2. The first-order chi connectivity index (χ1) is 8.65. The fraction of sp³-hybridized carbons (Fsp3) is 0.625. The third-order valence-corrected chi connectivity index (χ3v) is 5.15. The molecule has 0 bridgehead atoms. The summed E-state index contributed by atoms with van der Waals surface area (Å²) in [6.07, 6.45) is 5.48. The van der Waals surface area contributed by atoms with Gasteiger partial charge in [-0.05, 0) is 32.4 Å². The molecule has 1 saturated heterocycles. The van der Waals surface area contributed by atoms with Crippen molar-refractivity contribution in [3.05, 3.63) is 35.9 Å². The standard InChI is InChI=1S/C16H24N2/c1-15(14-8-4-3-5-9-14)12-17-16(13-18(15)2)10-6-7-11-16/h3-5,8-9,17H,6-7,10-13H2,1-2H3. The van der Waals surface area contributed by atoms with E-state index in [0.717, 1.165) is 6.54 Å². The highest BCUT2D eigenvalue weighted by Crippen LogP contribution is 2.38. The molecule has 18 heavy (non-hydrogen) atoms. The van der Waals surface area contributed by atoms with Crippen molar-refractivity contribution in [2.24, 2.45) is 0 Å². The maximum absolute atomic E-state index is 3.87. The van der Waals surface area contributed by atoms with Gasteiger partial charge in [0.15, 0.2) is 0 Å². The summed E-state index contributed by atoms with van der Waals surface area (Å²) in [5, 5.41) is 3.87. The molecule has 2 nitrogen and oxygen atoms in total. The minimum Gasteiger partial charge on any atom is -0.308 e. The average molecular weight is 244 g/mol. The van der Waals surface area contributed by atoms with Crippen LogP contribution in [0.25, 0.3) is 0 Å². The Bertz CT molecular complexity index is 408. The van der Waals surface area contributed by atoms with E-state index in [4.69, 9.17) is 0 Å². The monoisotopic (exact) mass is 244 g/mol. The van der Waals surface area contributed by atoms with Crippen LogP contribution < -0.4 is 5.32 Å². The Morgan fingerprint density at radius 1 is 1.11 bits per heavy atom. The largest absolute Gasteiger partial charge is 0.308 e. The molecule has 1 unspecified atom stereocenters. The van der Waals surface area contributed by atoms with Crippen molar-refractivity contribution >= 4 is 0 Å². The second-order valence-corrected chi connectivity index (χ2v) is 6.34. The van der Waals surface area contributed by atoms with Crippen LogP contribution in [0.2, 0.25) is 0 Å². The van der Waals surface area contributed by atoms with E-state index in [1.54, 1.807) is 0 Å². The minimum absolute atomic E-state index is 0.134. The van der Waals surface area contributed by atoms with Crippen LogP contribution in [0.5, 0.6) is 0 Å². The molecule has 1 saturated carbocycles. The van der Waals surface area contributed by atoms with E-state index >= 15 is 0 Å². The van der Waals surface area contributed by atoms with E-state index in [1.807, 2.05) is 0 Å². The SMILES string of the molecule is CN1CC2(CCCC2)NCC1(C)c1ccccc1. The van der Waals surface area contributed by atoms with Gasteiger partial charge in [0.2, 0.25) is 0 Å². The van der Waals surface area contributed by atoms with Crippen LogP contribution in [0.4, 0.5) is 0 Å². The highest BCUT2D eigenvalue weighted by Gasteiger charge is 2.45. The lowest BCUT2D eigenvalue weighted by atomic mass is 9.83. The summed E-state index contributed by atoms with van der Waals surface area (Å²) in [6.45, 7) is 4.60. The Labute approximate surface area is 110 Å². The lowest BCUT2D eigenvalue weighted by Crippen LogP contribution is -2.65. The van der Waals surface area contributed by atoms with Crippen molar-refractivity contribution in [1.82, 2.24) is 10.2 Å². The summed E-state index contributed by atoms with van der Waals surface area (Å²) in [6, 6.07) is 10.9. The first-order valence-corrected chi connectivity index (χ1v) is 7.17. The van der Waals surface area contributed by atoms with Crippen LogP contribution in [0.3, 0.4) is 0 Å². The number of piperazine rings is 1. The molecule has 1 aromatic carbocycles. The number of likely N-dealkylation sites (N-methyl/N-ethyl adjacent to an activating group) is 1. The number of benzene rings is 1. The second-order valence-electron chi connectivity index (χ2n) is 6.34. The fourth-order valence-electron chi connectivity index (χ4n) is 3.69. The Hall–Kier alpha value is -0.860. The number of rotatable bonds is 1. The quantitative estimate of drug-likeness (QED) is 0.817. The third-order valence-electron chi connectivity index (χ3n) is 5.15. The van der Waals surface area contributed by atoms with Crippen molar-refractivity contribution in [3.8, 4) is 0 Å². The Balaban J connectivity index is 1.84. The Kier molecular flexibility index (Phi) is 2.95. The molecule has 1 spiro atoms. The first-order valence-electron chi connectivity index (χ1n) is 7.17. The molecule has 1 atom stereocenters. The molecule has 0 aromatic heterocycles. The molecule has 1 aliphatic carbocycles. The maximum atomic E-state index is 3.87. The van der Waals surface area contributed by atoms with Crippen LogP contribution in [0.1, 0.15) is 38.2 Å². The lowest BCUT2D eigenvalue weighted by molar-refractivity contribution is 0.0368. The molecule has 0 amide bonds. The molecular weight excluding hydrogens is 220 g/mol. The summed E-state index contributed by atoms with van der Waals surface area (Å²) in [7, 11) is 2.29. The van der Waals surface area contributed by atoms with Gasteiger partial charge in [-0.3, -0.25) is 4.90 Å². The molecule has 2 fully saturated rings. The highest BCUT2D eigenvalue weighted by atomic mass is 15.3. The van der Waals surface area contributed by atoms with E-state index < -0.39 is 0 Å². The Morgan fingerprint density at radius 2 is 1.78 bits per heavy atom. The first kappa shape index (κ1) is 12.2. The van der Waals surface area contributed by atoms with E-state index in [2.05, 4.69) is 54.5 Å². The van der Waals surface area contributed by atoms with Crippen molar-refractivity contribution in [2.75, 3.05) is 20.1 Å². The molecule has 1 aromatic rings. The summed E-state index contributed by atoms with van der Waals surface area (Å²) in [5.41, 5.74) is 1.96. The molecule has 1 N–H and O–H groups in total. The number of nitrogens with zero attached hydrogens (tertiary/aromatic N) is 1. The summed E-state index contributed by atoms with van der Waals surface area (Å²) in [4.78, 5) is 2.56. The van der Waals surface area contributed by atoms with Gasteiger partial charge in [0.1, 0.15) is 0 Å². The number of hydrogen-bond acceptors (Lipinski definition) is 2. The highest BCUT2D eigenvalue weighted by molar-refractivity contribution is 5.26. The van der Waals surface area contributed by atoms with Gasteiger partial charge in [0, 0.05) is 18.6 Å². The molecule has 1 aliphatic heterocycles. The van der Waals surface area contributed by atoms with Crippen LogP contribution in [0.15, 0.2) is 30.3 Å². The molecule has 98 valence electrons. The van der Waals surface area contributed by atoms with Gasteiger partial charge in [-0.1, -0.05) is 43.2 Å². The van der Waals surface area contributed by atoms with Crippen LogP contribution in [0, 0.1) is 0 Å². The van der Waals surface area contributed by atoms with Crippen molar-refractivity contribution in [1.29, 1.82) is 0 Å². The zero-order chi connectivity index (χ0) is 12.6. The normalized spacial score (nSPS) is 31.9. The van der Waals surface area contributed by atoms with Gasteiger partial charge in [-0.2, -0.15) is 0 Å². The molecule has 2 aliphatic rings. The molecule has 3 rings (SSSR count). The van der Waals surface area contributed by atoms with Gasteiger partial charge in [0.05, 0.1) is 5.54 Å². The van der Waals surface area contributed by atoms with Crippen LogP contribution >= 0.6 is 0 Å². The minimum atomic E-state index is 0.134. The summed E-state index contributed by atoms with van der Waals surface area (Å²) in [5.74, 6) is 0. The smallest absolute Gasteiger partial charge is 0.0555 e. The topological polar surface area (TPSA) is 15.3 Å². The van der Waals surface area contributed by atoms with E-state index in [0.29, 0.717) is 5.54 Å². The van der Waals surface area contributed by atoms with Gasteiger partial charge >= 0.3 is 0 Å². The second kappa shape index (κ2) is 4.36. The fourth-order valence-corrected chi connectivity index (χ4v) is 3.69.